The zero-order chi connectivity index (χ0) is 20.6. The van der Waals surface area contributed by atoms with Crippen molar-refractivity contribution in [3.8, 4) is 17.2 Å². The van der Waals surface area contributed by atoms with Gasteiger partial charge in [-0.2, -0.15) is 0 Å². The Hall–Kier alpha value is -2.78. The van der Waals surface area contributed by atoms with Crippen LogP contribution in [0, 0.1) is 0 Å². The second-order valence-electron chi connectivity index (χ2n) is 5.78. The molecule has 0 saturated heterocycles. The van der Waals surface area contributed by atoms with Crippen molar-refractivity contribution >= 4 is 21.6 Å². The molecular weight excluding hydrogens is 384 g/mol. The molecule has 0 saturated carbocycles. The molecule has 2 aromatic rings. The molecule has 152 valence electrons. The van der Waals surface area contributed by atoms with E-state index in [0.717, 1.165) is 0 Å². The smallest absolute Gasteiger partial charge is 0.262 e. The number of carbonyl (C=O) groups is 1. The first-order valence-electron chi connectivity index (χ1n) is 8.64. The van der Waals surface area contributed by atoms with E-state index in [1.54, 1.807) is 18.2 Å². The van der Waals surface area contributed by atoms with Crippen molar-refractivity contribution in [2.45, 2.75) is 18.2 Å². The number of anilines is 1. The fraction of sp³-hybridized carbons (Fsp3) is 0.316. The standard InChI is InChI=1S/C19H24N2O6S/c1-4-11-20-28(23,24)16-8-6-15(7-9-16)27-13-19(22)21-14-5-10-17(25-2)18(12-14)26-3/h5-10,12,20H,4,11,13H2,1-3H3,(H,21,22). The first kappa shape index (κ1) is 21.5. The lowest BCUT2D eigenvalue weighted by Gasteiger charge is -2.11. The minimum absolute atomic E-state index is 0.142. The summed E-state index contributed by atoms with van der Waals surface area (Å²) in [7, 11) is -0.494. The summed E-state index contributed by atoms with van der Waals surface area (Å²) in [6.45, 7) is 2.03. The van der Waals surface area contributed by atoms with Gasteiger partial charge in [0.05, 0.1) is 19.1 Å². The molecule has 0 aromatic heterocycles. The quantitative estimate of drug-likeness (QED) is 0.626. The fourth-order valence-corrected chi connectivity index (χ4v) is 3.43. The van der Waals surface area contributed by atoms with Crippen molar-refractivity contribution in [3.05, 3.63) is 42.5 Å². The molecule has 1 amide bonds. The predicted molar refractivity (Wildman–Crippen MR) is 106 cm³/mol. The third-order valence-corrected chi connectivity index (χ3v) is 5.19. The molecule has 2 aromatic carbocycles. The van der Waals surface area contributed by atoms with Crippen molar-refractivity contribution in [2.75, 3.05) is 32.7 Å². The van der Waals surface area contributed by atoms with Crippen LogP contribution < -0.4 is 24.2 Å². The lowest BCUT2D eigenvalue weighted by molar-refractivity contribution is -0.118. The van der Waals surface area contributed by atoms with E-state index in [0.29, 0.717) is 35.9 Å². The Morgan fingerprint density at radius 3 is 2.29 bits per heavy atom. The molecule has 2 N–H and O–H groups in total. The summed E-state index contributed by atoms with van der Waals surface area (Å²) in [6.07, 6.45) is 0.704. The maximum Gasteiger partial charge on any atom is 0.262 e. The molecule has 0 unspecified atom stereocenters. The Balaban J connectivity index is 1.92. The highest BCUT2D eigenvalue weighted by molar-refractivity contribution is 7.89. The molecule has 0 aliphatic carbocycles. The lowest BCUT2D eigenvalue weighted by atomic mass is 10.2. The molecule has 2 rings (SSSR count). The number of ether oxygens (including phenoxy) is 3. The van der Waals surface area contributed by atoms with Gasteiger partial charge in [0.2, 0.25) is 10.0 Å². The molecule has 0 fully saturated rings. The van der Waals surface area contributed by atoms with E-state index < -0.39 is 10.0 Å². The van der Waals surface area contributed by atoms with Gasteiger partial charge in [0.1, 0.15) is 5.75 Å². The van der Waals surface area contributed by atoms with Crippen molar-refractivity contribution in [2.24, 2.45) is 0 Å². The van der Waals surface area contributed by atoms with E-state index in [4.69, 9.17) is 14.2 Å². The van der Waals surface area contributed by atoms with Crippen LogP contribution in [0.15, 0.2) is 47.4 Å². The third-order valence-electron chi connectivity index (χ3n) is 3.71. The van der Waals surface area contributed by atoms with Crippen LogP contribution in [0.3, 0.4) is 0 Å². The monoisotopic (exact) mass is 408 g/mol. The summed E-state index contributed by atoms with van der Waals surface area (Å²) in [5, 5.41) is 2.69. The lowest BCUT2D eigenvalue weighted by Crippen LogP contribution is -2.24. The number of hydrogen-bond donors (Lipinski definition) is 2. The van der Waals surface area contributed by atoms with Gasteiger partial charge >= 0.3 is 0 Å². The fourth-order valence-electron chi connectivity index (χ4n) is 2.29. The highest BCUT2D eigenvalue weighted by Gasteiger charge is 2.13. The molecular formula is C19H24N2O6S. The van der Waals surface area contributed by atoms with Crippen LogP contribution in [0.2, 0.25) is 0 Å². The maximum absolute atomic E-state index is 12.1. The van der Waals surface area contributed by atoms with E-state index in [1.165, 1.54) is 38.5 Å². The van der Waals surface area contributed by atoms with E-state index in [9.17, 15) is 13.2 Å². The summed E-state index contributed by atoms with van der Waals surface area (Å²) in [6, 6.07) is 10.9. The van der Waals surface area contributed by atoms with Gasteiger partial charge in [-0.1, -0.05) is 6.92 Å². The molecule has 9 heteroatoms. The van der Waals surface area contributed by atoms with Crippen molar-refractivity contribution in [1.82, 2.24) is 4.72 Å². The number of benzene rings is 2. The highest BCUT2D eigenvalue weighted by atomic mass is 32.2. The van der Waals surface area contributed by atoms with Gasteiger partial charge in [0.15, 0.2) is 18.1 Å². The molecule has 0 radical (unpaired) electrons. The number of rotatable bonds is 10. The average molecular weight is 408 g/mol. The maximum atomic E-state index is 12.1. The van der Waals surface area contributed by atoms with Gasteiger partial charge in [0.25, 0.3) is 5.91 Å². The Kier molecular flexibility index (Phi) is 7.65. The molecule has 0 heterocycles. The van der Waals surface area contributed by atoms with Crippen LogP contribution in [0.1, 0.15) is 13.3 Å². The molecule has 0 atom stereocenters. The van der Waals surface area contributed by atoms with Crippen LogP contribution in [-0.2, 0) is 14.8 Å². The van der Waals surface area contributed by atoms with Crippen molar-refractivity contribution in [3.63, 3.8) is 0 Å². The summed E-state index contributed by atoms with van der Waals surface area (Å²) < 4.78 is 42.3. The summed E-state index contributed by atoms with van der Waals surface area (Å²) >= 11 is 0. The van der Waals surface area contributed by atoms with Crippen molar-refractivity contribution < 1.29 is 27.4 Å². The number of sulfonamides is 1. The topological polar surface area (TPSA) is 103 Å². The third kappa shape index (κ3) is 5.86. The Morgan fingerprint density at radius 2 is 1.68 bits per heavy atom. The van der Waals surface area contributed by atoms with Gasteiger partial charge in [-0.3, -0.25) is 4.79 Å². The minimum atomic E-state index is -3.53. The summed E-state index contributed by atoms with van der Waals surface area (Å²) in [5.41, 5.74) is 0.537. The Labute approximate surface area is 164 Å². The van der Waals surface area contributed by atoms with Gasteiger partial charge in [0, 0.05) is 18.3 Å². The normalized spacial score (nSPS) is 11.0. The largest absolute Gasteiger partial charge is 0.493 e. The molecule has 0 aliphatic heterocycles. The zero-order valence-corrected chi connectivity index (χ0v) is 16.8. The number of methoxy groups -OCH3 is 2. The van der Waals surface area contributed by atoms with E-state index in [2.05, 4.69) is 10.0 Å². The predicted octanol–water partition coefficient (Wildman–Crippen LogP) is 2.41. The van der Waals surface area contributed by atoms with E-state index >= 15 is 0 Å². The molecule has 0 spiro atoms. The number of hydrogen-bond acceptors (Lipinski definition) is 6. The minimum Gasteiger partial charge on any atom is -0.493 e. The van der Waals surface area contributed by atoms with E-state index in [1.807, 2.05) is 6.92 Å². The molecule has 8 nitrogen and oxygen atoms in total. The van der Waals surface area contributed by atoms with Gasteiger partial charge in [-0.15, -0.1) is 0 Å². The zero-order valence-electron chi connectivity index (χ0n) is 16.0. The highest BCUT2D eigenvalue weighted by Crippen LogP contribution is 2.29. The number of amides is 1. The van der Waals surface area contributed by atoms with Crippen molar-refractivity contribution in [1.29, 1.82) is 0 Å². The summed E-state index contributed by atoms with van der Waals surface area (Å²) in [5.74, 6) is 1.07. The van der Waals surface area contributed by atoms with Gasteiger partial charge in [-0.05, 0) is 42.8 Å². The average Bonchev–Trinajstić information content (AvgIpc) is 2.71. The molecule has 0 aliphatic rings. The van der Waals surface area contributed by atoms with Crippen LogP contribution in [0.5, 0.6) is 17.2 Å². The second-order valence-corrected chi connectivity index (χ2v) is 7.54. The molecule has 28 heavy (non-hydrogen) atoms. The van der Waals surface area contributed by atoms with Crippen LogP contribution in [0.25, 0.3) is 0 Å². The summed E-state index contributed by atoms with van der Waals surface area (Å²) in [4.78, 5) is 12.2. The van der Waals surface area contributed by atoms with Gasteiger partial charge in [-0.25, -0.2) is 13.1 Å². The first-order valence-corrected chi connectivity index (χ1v) is 10.1. The Bertz CT molecular complexity index is 897. The number of nitrogens with one attached hydrogen (secondary N) is 2. The number of carbonyl (C=O) groups excluding carboxylic acids is 1. The van der Waals surface area contributed by atoms with Crippen LogP contribution >= 0.6 is 0 Å². The SMILES string of the molecule is CCCNS(=O)(=O)c1ccc(OCC(=O)Nc2ccc(OC)c(OC)c2)cc1. The van der Waals surface area contributed by atoms with Gasteiger partial charge < -0.3 is 19.5 Å². The van der Waals surface area contributed by atoms with Crippen LogP contribution in [0.4, 0.5) is 5.69 Å². The Morgan fingerprint density at radius 1 is 1.00 bits per heavy atom. The molecule has 0 bridgehead atoms. The first-order chi connectivity index (χ1) is 13.4. The second kappa shape index (κ2) is 9.95. The van der Waals surface area contributed by atoms with Crippen LogP contribution in [-0.4, -0.2) is 41.7 Å². The van der Waals surface area contributed by atoms with E-state index in [-0.39, 0.29) is 17.4 Å².